The Labute approximate surface area is 118 Å². The fourth-order valence-corrected chi connectivity index (χ4v) is 2.92. The maximum Gasteiger partial charge on any atom is 0.123 e. The molecule has 0 aliphatic rings. The van der Waals surface area contributed by atoms with Crippen LogP contribution in [0.2, 0.25) is 0 Å². The number of aromatic nitrogens is 2. The minimum atomic E-state index is -0.251. The second-order valence-corrected chi connectivity index (χ2v) is 5.62. The average Bonchev–Trinajstić information content (AvgIpc) is 2.82. The molecule has 2 N–H and O–H groups in total. The molecule has 0 saturated carbocycles. The molecule has 6 heteroatoms. The molecule has 1 aromatic heterocycles. The van der Waals surface area contributed by atoms with Gasteiger partial charge in [-0.1, -0.05) is 27.3 Å². The molecular formula is C12H13BrFN3S. The predicted molar refractivity (Wildman–Crippen MR) is 74.0 cm³/mol. The molecule has 2 rings (SSSR count). The molecule has 18 heavy (non-hydrogen) atoms. The molecule has 0 radical (unpaired) electrons. The first-order valence-electron chi connectivity index (χ1n) is 5.62. The zero-order valence-electron chi connectivity index (χ0n) is 9.86. The largest absolute Gasteiger partial charge is 0.323 e. The highest BCUT2D eigenvalue weighted by atomic mass is 79.9. The first-order chi connectivity index (χ1) is 8.61. The van der Waals surface area contributed by atoms with Gasteiger partial charge in [-0.2, -0.15) is 0 Å². The van der Waals surface area contributed by atoms with E-state index in [-0.39, 0.29) is 11.9 Å². The number of hydrogen-bond donors (Lipinski definition) is 1. The second-order valence-electron chi connectivity index (χ2n) is 3.98. The van der Waals surface area contributed by atoms with Gasteiger partial charge in [0, 0.05) is 10.5 Å². The molecule has 0 fully saturated rings. The summed E-state index contributed by atoms with van der Waals surface area (Å²) in [6, 6.07) is 4.43. The van der Waals surface area contributed by atoms with E-state index in [2.05, 4.69) is 25.5 Å². The van der Waals surface area contributed by atoms with Crippen molar-refractivity contribution in [2.75, 3.05) is 0 Å². The highest BCUT2D eigenvalue weighted by Gasteiger charge is 2.16. The van der Waals surface area contributed by atoms with Crippen LogP contribution in [0.5, 0.6) is 0 Å². The molecule has 2 aromatic rings. The number of hydrogen-bond acceptors (Lipinski definition) is 4. The molecule has 0 bridgehead atoms. The highest BCUT2D eigenvalue weighted by molar-refractivity contribution is 9.10. The Hall–Kier alpha value is -0.850. The Balaban J connectivity index is 2.21. The van der Waals surface area contributed by atoms with Crippen LogP contribution in [0.1, 0.15) is 29.1 Å². The minimum absolute atomic E-state index is 0.196. The normalized spacial score (nSPS) is 12.7. The van der Waals surface area contributed by atoms with Crippen molar-refractivity contribution < 1.29 is 4.39 Å². The van der Waals surface area contributed by atoms with E-state index in [0.717, 1.165) is 27.0 Å². The van der Waals surface area contributed by atoms with Gasteiger partial charge >= 0.3 is 0 Å². The van der Waals surface area contributed by atoms with Crippen LogP contribution in [-0.4, -0.2) is 9.59 Å². The van der Waals surface area contributed by atoms with Crippen LogP contribution < -0.4 is 5.73 Å². The molecule has 1 heterocycles. The first kappa shape index (κ1) is 13.6. The molecule has 1 aromatic carbocycles. The average molecular weight is 330 g/mol. The van der Waals surface area contributed by atoms with Crippen molar-refractivity contribution in [1.82, 2.24) is 9.59 Å². The molecule has 0 aliphatic carbocycles. The maximum absolute atomic E-state index is 13.2. The minimum Gasteiger partial charge on any atom is -0.323 e. The molecule has 96 valence electrons. The summed E-state index contributed by atoms with van der Waals surface area (Å²) in [5.74, 6) is -0.251. The van der Waals surface area contributed by atoms with Gasteiger partial charge in [0.05, 0.1) is 10.6 Å². The topological polar surface area (TPSA) is 51.8 Å². The fourth-order valence-electron chi connectivity index (χ4n) is 1.77. The lowest BCUT2D eigenvalue weighted by Crippen LogP contribution is -2.14. The number of nitrogens with zero attached hydrogens (tertiary/aromatic N) is 2. The lowest BCUT2D eigenvalue weighted by atomic mass is 10.0. The second kappa shape index (κ2) is 5.86. The van der Waals surface area contributed by atoms with Crippen molar-refractivity contribution in [3.63, 3.8) is 0 Å². The third-order valence-electron chi connectivity index (χ3n) is 2.70. The lowest BCUT2D eigenvalue weighted by Gasteiger charge is -2.11. The van der Waals surface area contributed by atoms with E-state index < -0.39 is 0 Å². The van der Waals surface area contributed by atoms with E-state index in [1.54, 1.807) is 6.07 Å². The van der Waals surface area contributed by atoms with E-state index in [9.17, 15) is 4.39 Å². The van der Waals surface area contributed by atoms with Gasteiger partial charge in [0.25, 0.3) is 0 Å². The van der Waals surface area contributed by atoms with Gasteiger partial charge in [-0.3, -0.25) is 0 Å². The molecule has 1 unspecified atom stereocenters. The number of rotatable bonds is 4. The van der Waals surface area contributed by atoms with E-state index in [4.69, 9.17) is 5.73 Å². The van der Waals surface area contributed by atoms with Gasteiger partial charge in [-0.05, 0) is 48.1 Å². The van der Waals surface area contributed by atoms with Crippen LogP contribution in [-0.2, 0) is 12.8 Å². The number of halogens is 2. The number of aryl methyl sites for hydroxylation is 1. The van der Waals surface area contributed by atoms with Crippen molar-refractivity contribution in [1.29, 1.82) is 0 Å². The molecule has 0 spiro atoms. The zero-order valence-corrected chi connectivity index (χ0v) is 12.3. The zero-order chi connectivity index (χ0) is 13.1. The summed E-state index contributed by atoms with van der Waals surface area (Å²) >= 11 is 4.72. The van der Waals surface area contributed by atoms with Crippen molar-refractivity contribution in [2.24, 2.45) is 5.73 Å². The summed E-state index contributed by atoms with van der Waals surface area (Å²) in [5.41, 5.74) is 7.94. The van der Waals surface area contributed by atoms with Gasteiger partial charge < -0.3 is 5.73 Å². The number of benzene rings is 1. The van der Waals surface area contributed by atoms with Gasteiger partial charge in [0.15, 0.2) is 0 Å². The molecular weight excluding hydrogens is 317 g/mol. The van der Waals surface area contributed by atoms with E-state index >= 15 is 0 Å². The quantitative estimate of drug-likeness (QED) is 0.936. The van der Waals surface area contributed by atoms with E-state index in [0.29, 0.717) is 6.42 Å². The summed E-state index contributed by atoms with van der Waals surface area (Å²) in [6.45, 7) is 2.02. The van der Waals surface area contributed by atoms with Crippen LogP contribution in [0.15, 0.2) is 22.7 Å². The third kappa shape index (κ3) is 2.93. The standard InChI is InChI=1S/C12H13BrFN3S/c1-2-11-12(18-17-16-11)10(15)6-7-5-8(14)3-4-9(7)13/h3-5,10H,2,6,15H2,1H3. The summed E-state index contributed by atoms with van der Waals surface area (Å²) < 4.78 is 18.0. The summed E-state index contributed by atoms with van der Waals surface area (Å²) in [6.07, 6.45) is 1.37. The van der Waals surface area contributed by atoms with Crippen molar-refractivity contribution in [3.05, 3.63) is 44.6 Å². The Morgan fingerprint density at radius 3 is 3.00 bits per heavy atom. The van der Waals surface area contributed by atoms with Gasteiger partial charge in [-0.15, -0.1) is 5.10 Å². The fraction of sp³-hybridized carbons (Fsp3) is 0.333. The Morgan fingerprint density at radius 1 is 1.50 bits per heavy atom. The van der Waals surface area contributed by atoms with Gasteiger partial charge in [-0.25, -0.2) is 4.39 Å². The smallest absolute Gasteiger partial charge is 0.123 e. The molecule has 0 aliphatic heterocycles. The summed E-state index contributed by atoms with van der Waals surface area (Å²) in [7, 11) is 0. The predicted octanol–water partition coefficient (Wildman–Crippen LogP) is 3.24. The van der Waals surface area contributed by atoms with E-state index in [1.165, 1.54) is 23.7 Å². The summed E-state index contributed by atoms with van der Waals surface area (Å²) in [5, 5.41) is 4.04. The monoisotopic (exact) mass is 329 g/mol. The van der Waals surface area contributed by atoms with Crippen LogP contribution in [0.4, 0.5) is 4.39 Å². The molecule has 1 atom stereocenters. The Morgan fingerprint density at radius 2 is 2.28 bits per heavy atom. The van der Waals surface area contributed by atoms with Crippen LogP contribution in [0, 0.1) is 5.82 Å². The molecule has 3 nitrogen and oxygen atoms in total. The number of nitrogens with two attached hydrogens (primary N) is 1. The van der Waals surface area contributed by atoms with Gasteiger partial charge in [0.2, 0.25) is 0 Å². The molecule has 0 amide bonds. The third-order valence-corrected chi connectivity index (χ3v) is 4.38. The van der Waals surface area contributed by atoms with Crippen LogP contribution in [0.25, 0.3) is 0 Å². The van der Waals surface area contributed by atoms with Crippen molar-refractivity contribution in [3.8, 4) is 0 Å². The van der Waals surface area contributed by atoms with Crippen molar-refractivity contribution >= 4 is 27.5 Å². The van der Waals surface area contributed by atoms with Crippen LogP contribution in [0.3, 0.4) is 0 Å². The van der Waals surface area contributed by atoms with E-state index in [1.807, 2.05) is 6.92 Å². The van der Waals surface area contributed by atoms with Crippen LogP contribution >= 0.6 is 27.5 Å². The van der Waals surface area contributed by atoms with Crippen molar-refractivity contribution in [2.45, 2.75) is 25.8 Å². The summed E-state index contributed by atoms with van der Waals surface area (Å²) in [4.78, 5) is 0.980. The maximum atomic E-state index is 13.2. The lowest BCUT2D eigenvalue weighted by molar-refractivity contribution is 0.621. The van der Waals surface area contributed by atoms with Gasteiger partial charge in [0.1, 0.15) is 5.82 Å². The highest BCUT2D eigenvalue weighted by Crippen LogP contribution is 2.26. The first-order valence-corrected chi connectivity index (χ1v) is 7.19. The molecule has 0 saturated heterocycles. The Bertz CT molecular complexity index is 544. The SMILES string of the molecule is CCc1nnsc1C(N)Cc1cc(F)ccc1Br. The Kier molecular flexibility index (Phi) is 4.42.